The minimum Gasteiger partial charge on any atom is -0.489 e. The topological polar surface area (TPSA) is 34.6 Å². The quantitative estimate of drug-likeness (QED) is 0.179. The van der Waals surface area contributed by atoms with Crippen LogP contribution in [0.15, 0.2) is 54.7 Å². The molecule has 222 valence electrons. The second-order valence-electron chi connectivity index (χ2n) is 11.9. The van der Waals surface area contributed by atoms with E-state index in [2.05, 4.69) is 87.6 Å². The first-order valence-electron chi connectivity index (χ1n) is 15.2. The normalized spacial score (nSPS) is 15.1. The second kappa shape index (κ2) is 14.5. The van der Waals surface area contributed by atoms with E-state index < -0.39 is 7.55 Å². The summed E-state index contributed by atoms with van der Waals surface area (Å²) in [6.45, 7) is 14.5. The summed E-state index contributed by atoms with van der Waals surface area (Å²) in [5, 5.41) is 0. The molecule has 1 aromatic heterocycles. The average molecular weight is 579 g/mol. The zero-order valence-electron chi connectivity index (χ0n) is 25.9. The Morgan fingerprint density at radius 3 is 2.44 bits per heavy atom. The van der Waals surface area contributed by atoms with Crippen LogP contribution in [0.1, 0.15) is 77.0 Å². The van der Waals surface area contributed by atoms with E-state index in [0.29, 0.717) is 42.6 Å². The first-order valence-corrected chi connectivity index (χ1v) is 17.2. The molecule has 1 aliphatic carbocycles. The molecule has 1 fully saturated rings. The Morgan fingerprint density at radius 2 is 1.80 bits per heavy atom. The molecule has 2 atom stereocenters. The molecule has 1 heterocycles. The van der Waals surface area contributed by atoms with Crippen molar-refractivity contribution in [2.24, 2.45) is 5.92 Å². The van der Waals surface area contributed by atoms with Crippen LogP contribution in [0, 0.1) is 11.7 Å². The van der Waals surface area contributed by atoms with E-state index >= 15 is 4.39 Å². The van der Waals surface area contributed by atoms with E-state index in [1.54, 1.807) is 13.2 Å². The summed E-state index contributed by atoms with van der Waals surface area (Å²) in [5.74, 6) is 4.89. The Bertz CT molecular complexity index is 1330. The smallest absolute Gasteiger partial charge is 0.213 e. The van der Waals surface area contributed by atoms with Crippen molar-refractivity contribution in [2.45, 2.75) is 85.5 Å². The molecular formula is C35H48FN2O2P. The van der Waals surface area contributed by atoms with Gasteiger partial charge in [0.1, 0.15) is 18.2 Å². The Labute approximate surface area is 247 Å². The molecular weight excluding hydrogens is 530 g/mol. The maximum Gasteiger partial charge on any atom is 0.213 e. The predicted octanol–water partition coefficient (Wildman–Crippen LogP) is 8.64. The fraction of sp³-hybridized carbons (Fsp3) is 0.486. The summed E-state index contributed by atoms with van der Waals surface area (Å²) in [6.07, 6.45) is 6.54. The number of benzene rings is 2. The van der Waals surface area contributed by atoms with E-state index in [0.717, 1.165) is 28.4 Å². The molecule has 0 amide bonds. The molecule has 41 heavy (non-hydrogen) atoms. The average Bonchev–Trinajstić information content (AvgIpc) is 3.81. The van der Waals surface area contributed by atoms with Crippen LogP contribution in [0.5, 0.6) is 11.6 Å². The van der Waals surface area contributed by atoms with Gasteiger partial charge in [-0.2, -0.15) is 0 Å². The van der Waals surface area contributed by atoms with Crippen LogP contribution in [-0.4, -0.2) is 47.2 Å². The number of ether oxygens (including phenoxy) is 2. The molecule has 0 saturated heterocycles. The van der Waals surface area contributed by atoms with Crippen molar-refractivity contribution in [1.82, 2.24) is 9.88 Å². The lowest BCUT2D eigenvalue weighted by Crippen LogP contribution is -2.36. The molecule has 0 spiro atoms. The number of methoxy groups -OCH3 is 1. The molecule has 4 nitrogen and oxygen atoms in total. The van der Waals surface area contributed by atoms with Gasteiger partial charge in [-0.05, 0) is 106 Å². The lowest BCUT2D eigenvalue weighted by molar-refractivity contribution is 0.166. The fourth-order valence-electron chi connectivity index (χ4n) is 5.83. The molecule has 4 rings (SSSR count). The van der Waals surface area contributed by atoms with Gasteiger partial charge in [-0.1, -0.05) is 43.1 Å². The monoisotopic (exact) mass is 578 g/mol. The molecule has 2 aromatic carbocycles. The van der Waals surface area contributed by atoms with Crippen LogP contribution in [0.2, 0.25) is 0 Å². The predicted molar refractivity (Wildman–Crippen MR) is 174 cm³/mol. The van der Waals surface area contributed by atoms with Crippen molar-refractivity contribution in [3.63, 3.8) is 0 Å². The van der Waals surface area contributed by atoms with Crippen molar-refractivity contribution in [3.05, 3.63) is 77.2 Å². The van der Waals surface area contributed by atoms with Gasteiger partial charge >= 0.3 is 0 Å². The van der Waals surface area contributed by atoms with Gasteiger partial charge in [0.05, 0.1) is 13.3 Å². The number of hydrogen-bond donors (Lipinski definition) is 0. The highest BCUT2D eigenvalue weighted by molar-refractivity contribution is 7.57. The molecule has 1 unspecified atom stereocenters. The molecule has 0 bridgehead atoms. The highest BCUT2D eigenvalue weighted by Gasteiger charge is 2.32. The lowest BCUT2D eigenvalue weighted by atomic mass is 9.96. The van der Waals surface area contributed by atoms with Crippen molar-refractivity contribution >= 4 is 13.3 Å². The zero-order valence-corrected chi connectivity index (χ0v) is 26.9. The van der Waals surface area contributed by atoms with Crippen LogP contribution in [0.25, 0.3) is 11.1 Å². The van der Waals surface area contributed by atoms with E-state index in [9.17, 15) is 0 Å². The van der Waals surface area contributed by atoms with Crippen molar-refractivity contribution in [3.8, 4) is 22.8 Å². The van der Waals surface area contributed by atoms with Gasteiger partial charge in [-0.25, -0.2) is 9.37 Å². The maximum atomic E-state index is 15.0. The van der Waals surface area contributed by atoms with Gasteiger partial charge in [-0.3, -0.25) is 4.90 Å². The minimum atomic E-state index is -0.410. The second-order valence-corrected chi connectivity index (χ2v) is 14.9. The molecule has 1 aliphatic rings. The molecule has 3 aromatic rings. The number of aromatic nitrogens is 1. The number of nitrogens with zero attached hydrogens (tertiary/aromatic N) is 2. The van der Waals surface area contributed by atoms with Crippen LogP contribution in [-0.2, 0) is 13.2 Å². The molecule has 0 radical (unpaired) electrons. The van der Waals surface area contributed by atoms with Gasteiger partial charge in [0.25, 0.3) is 0 Å². The zero-order chi connectivity index (χ0) is 29.5. The van der Waals surface area contributed by atoms with E-state index in [1.807, 2.05) is 12.1 Å². The third-order valence-corrected chi connectivity index (χ3v) is 11.1. The molecule has 1 saturated carbocycles. The highest BCUT2D eigenvalue weighted by Crippen LogP contribution is 2.47. The fourth-order valence-corrected chi connectivity index (χ4v) is 7.90. The Morgan fingerprint density at radius 1 is 1.05 bits per heavy atom. The Hall–Kier alpha value is -2.62. The standard InChI is InChI=1S/C35H48FN2O2P/c1-8-41(9-2)23-33(27-14-15-27)28-11-10-12-30(18-28)40-22-26-13-16-31(32-19-35(39-7)37-20-34(32)36)29(17-26)21-38(24(3)4)25(5)6/h8,10-13,16-20,24-25,27,33,41H,9,14-15,21-23H2,1-7H3/t33-/m0/s1. The van der Waals surface area contributed by atoms with Crippen LogP contribution in [0.4, 0.5) is 4.39 Å². The largest absolute Gasteiger partial charge is 0.489 e. The lowest BCUT2D eigenvalue weighted by Gasteiger charge is -2.31. The van der Waals surface area contributed by atoms with Crippen LogP contribution in [0.3, 0.4) is 0 Å². The summed E-state index contributed by atoms with van der Waals surface area (Å²) in [7, 11) is 1.14. The Balaban J connectivity index is 1.60. The third-order valence-electron chi connectivity index (χ3n) is 8.41. The summed E-state index contributed by atoms with van der Waals surface area (Å²) in [6, 6.07) is 17.4. The van der Waals surface area contributed by atoms with Gasteiger partial charge in [-0.15, -0.1) is 7.55 Å². The summed E-state index contributed by atoms with van der Waals surface area (Å²) >= 11 is 0. The first kappa shape index (κ1) is 31.3. The number of halogens is 1. The number of rotatable bonds is 14. The van der Waals surface area contributed by atoms with Crippen LogP contribution < -0.4 is 9.47 Å². The van der Waals surface area contributed by atoms with Gasteiger partial charge in [0.2, 0.25) is 5.88 Å². The summed E-state index contributed by atoms with van der Waals surface area (Å²) in [4.78, 5) is 6.46. The van der Waals surface area contributed by atoms with Gasteiger partial charge < -0.3 is 9.47 Å². The van der Waals surface area contributed by atoms with Gasteiger partial charge in [0, 0.05) is 30.3 Å². The number of hydrogen-bond acceptors (Lipinski definition) is 4. The van der Waals surface area contributed by atoms with Crippen molar-refractivity contribution < 1.29 is 13.9 Å². The van der Waals surface area contributed by atoms with Gasteiger partial charge in [0.15, 0.2) is 0 Å². The van der Waals surface area contributed by atoms with Crippen LogP contribution >= 0.6 is 7.55 Å². The molecule has 0 N–H and O–H groups in total. The maximum absolute atomic E-state index is 15.0. The first-order chi connectivity index (χ1) is 19.7. The highest BCUT2D eigenvalue weighted by atomic mass is 31.1. The SMILES string of the molecule is C/C=[PH](\CC)C[C@H](c1cccc(OCc2ccc(-c3cc(OC)ncc3F)c(CN(C(C)C)C(C)C)c2)c1)C1CC1. The van der Waals surface area contributed by atoms with E-state index in [4.69, 9.17) is 9.47 Å². The van der Waals surface area contributed by atoms with E-state index in [1.165, 1.54) is 36.9 Å². The Kier molecular flexibility index (Phi) is 11.1. The molecule has 0 aliphatic heterocycles. The summed E-state index contributed by atoms with van der Waals surface area (Å²) in [5.41, 5.74) is 4.91. The summed E-state index contributed by atoms with van der Waals surface area (Å²) < 4.78 is 26.7. The van der Waals surface area contributed by atoms with Crippen molar-refractivity contribution in [2.75, 3.05) is 19.4 Å². The van der Waals surface area contributed by atoms with E-state index in [-0.39, 0.29) is 5.82 Å². The molecule has 6 heteroatoms. The van der Waals surface area contributed by atoms with Crippen molar-refractivity contribution in [1.29, 1.82) is 0 Å². The number of pyridine rings is 1. The minimum absolute atomic E-state index is 0.349. The third kappa shape index (κ3) is 8.23.